The number of anilines is 1. The molecule has 0 amide bonds. The highest BCUT2D eigenvalue weighted by Crippen LogP contribution is 2.29. The summed E-state index contributed by atoms with van der Waals surface area (Å²) in [6.45, 7) is 0. The van der Waals surface area contributed by atoms with Gasteiger partial charge in [-0.1, -0.05) is 0 Å². The van der Waals surface area contributed by atoms with E-state index in [1.807, 2.05) is 6.26 Å². The minimum absolute atomic E-state index is 0.194. The number of aromatic nitrogens is 1. The first kappa shape index (κ1) is 7.21. The van der Waals surface area contributed by atoms with E-state index in [0.29, 0.717) is 10.7 Å². The van der Waals surface area contributed by atoms with Crippen molar-refractivity contribution in [3.63, 3.8) is 0 Å². The van der Waals surface area contributed by atoms with Gasteiger partial charge in [-0.05, 0) is 12.3 Å². The number of nitrogens with zero attached hydrogens (tertiary/aromatic N) is 1. The summed E-state index contributed by atoms with van der Waals surface area (Å²) < 4.78 is 0. The van der Waals surface area contributed by atoms with Crippen LogP contribution in [0, 0.1) is 0 Å². The van der Waals surface area contributed by atoms with Gasteiger partial charge in [0.15, 0.2) is 0 Å². The van der Waals surface area contributed by atoms with Crippen LogP contribution in [0.15, 0.2) is 17.2 Å². The lowest BCUT2D eigenvalue weighted by molar-refractivity contribution is 0.462. The standard InChI is InChI=1S/C6H8N2OS/c1-10-5-4(9)2-3-8-6(5)7/h2-3H,1H3,(H3,7,8,9). The largest absolute Gasteiger partial charge is 0.507 e. The molecule has 10 heavy (non-hydrogen) atoms. The summed E-state index contributed by atoms with van der Waals surface area (Å²) in [5, 5.41) is 9.15. The van der Waals surface area contributed by atoms with E-state index >= 15 is 0 Å². The molecule has 1 aromatic heterocycles. The van der Waals surface area contributed by atoms with E-state index in [-0.39, 0.29) is 5.75 Å². The SMILES string of the molecule is CSc1c(O)ccnc1N. The zero-order valence-corrected chi connectivity index (χ0v) is 6.35. The van der Waals surface area contributed by atoms with Crippen LogP contribution in [0.2, 0.25) is 0 Å². The molecule has 0 aliphatic carbocycles. The molecule has 1 heterocycles. The topological polar surface area (TPSA) is 59.1 Å². The lowest BCUT2D eigenvalue weighted by Crippen LogP contribution is -1.91. The van der Waals surface area contributed by atoms with Gasteiger partial charge in [0.05, 0.1) is 4.90 Å². The average molecular weight is 156 g/mol. The maximum Gasteiger partial charge on any atom is 0.140 e. The van der Waals surface area contributed by atoms with Crippen molar-refractivity contribution in [1.82, 2.24) is 4.98 Å². The van der Waals surface area contributed by atoms with Crippen LogP contribution in [-0.2, 0) is 0 Å². The predicted octanol–water partition coefficient (Wildman–Crippen LogP) is 1.09. The normalized spacial score (nSPS) is 9.70. The molecule has 4 heteroatoms. The van der Waals surface area contributed by atoms with Crippen LogP contribution < -0.4 is 5.73 Å². The zero-order chi connectivity index (χ0) is 7.56. The van der Waals surface area contributed by atoms with Gasteiger partial charge < -0.3 is 10.8 Å². The number of rotatable bonds is 1. The smallest absolute Gasteiger partial charge is 0.140 e. The molecule has 0 saturated heterocycles. The van der Waals surface area contributed by atoms with Crippen molar-refractivity contribution in [3.8, 4) is 5.75 Å². The molecule has 0 atom stereocenters. The second kappa shape index (κ2) is 2.79. The van der Waals surface area contributed by atoms with E-state index in [4.69, 9.17) is 10.8 Å². The van der Waals surface area contributed by atoms with E-state index in [1.54, 1.807) is 0 Å². The molecule has 0 saturated carbocycles. The first-order valence-electron chi connectivity index (χ1n) is 2.73. The van der Waals surface area contributed by atoms with Gasteiger partial charge in [0.25, 0.3) is 0 Å². The Kier molecular flexibility index (Phi) is 2.01. The van der Waals surface area contributed by atoms with E-state index in [2.05, 4.69) is 4.98 Å². The lowest BCUT2D eigenvalue weighted by Gasteiger charge is -2.01. The van der Waals surface area contributed by atoms with Crippen LogP contribution in [0.1, 0.15) is 0 Å². The van der Waals surface area contributed by atoms with Gasteiger partial charge in [0.2, 0.25) is 0 Å². The summed E-state index contributed by atoms with van der Waals surface area (Å²) in [6.07, 6.45) is 3.32. The minimum Gasteiger partial charge on any atom is -0.507 e. The molecule has 0 radical (unpaired) electrons. The van der Waals surface area contributed by atoms with E-state index in [9.17, 15) is 0 Å². The summed E-state index contributed by atoms with van der Waals surface area (Å²) in [5.74, 6) is 0.576. The molecule has 3 nitrogen and oxygen atoms in total. The molecule has 0 aliphatic rings. The highest BCUT2D eigenvalue weighted by molar-refractivity contribution is 7.98. The van der Waals surface area contributed by atoms with Gasteiger partial charge in [-0.15, -0.1) is 11.8 Å². The molecular weight excluding hydrogens is 148 g/mol. The minimum atomic E-state index is 0.194. The second-order valence-corrected chi connectivity index (χ2v) is 2.57. The Balaban J connectivity index is 3.17. The molecule has 0 aromatic carbocycles. The highest BCUT2D eigenvalue weighted by atomic mass is 32.2. The number of hydrogen-bond acceptors (Lipinski definition) is 4. The Morgan fingerprint density at radius 1 is 1.70 bits per heavy atom. The Bertz CT molecular complexity index is 219. The number of thioether (sulfide) groups is 1. The van der Waals surface area contributed by atoms with Crippen molar-refractivity contribution in [2.24, 2.45) is 0 Å². The van der Waals surface area contributed by atoms with Gasteiger partial charge in [0.1, 0.15) is 11.6 Å². The van der Waals surface area contributed by atoms with Crippen molar-refractivity contribution in [3.05, 3.63) is 12.3 Å². The summed E-state index contributed by atoms with van der Waals surface area (Å²) in [7, 11) is 0. The van der Waals surface area contributed by atoms with Crippen LogP contribution in [0.5, 0.6) is 5.75 Å². The van der Waals surface area contributed by atoms with Crippen LogP contribution in [-0.4, -0.2) is 16.3 Å². The van der Waals surface area contributed by atoms with Crippen molar-refractivity contribution in [2.75, 3.05) is 12.0 Å². The fraction of sp³-hybridized carbons (Fsp3) is 0.167. The first-order chi connectivity index (χ1) is 4.75. The van der Waals surface area contributed by atoms with E-state index < -0.39 is 0 Å². The fourth-order valence-corrected chi connectivity index (χ4v) is 1.20. The molecule has 0 fully saturated rings. The van der Waals surface area contributed by atoms with Gasteiger partial charge in [-0.3, -0.25) is 0 Å². The molecule has 0 unspecified atom stereocenters. The van der Waals surface area contributed by atoms with Gasteiger partial charge in [0, 0.05) is 6.20 Å². The number of nitrogen functional groups attached to an aromatic ring is 1. The van der Waals surface area contributed by atoms with Crippen LogP contribution in [0.3, 0.4) is 0 Å². The Morgan fingerprint density at radius 3 is 2.80 bits per heavy atom. The van der Waals surface area contributed by atoms with Crippen LogP contribution >= 0.6 is 11.8 Å². The van der Waals surface area contributed by atoms with Gasteiger partial charge >= 0.3 is 0 Å². The number of pyridine rings is 1. The number of aromatic hydroxyl groups is 1. The first-order valence-corrected chi connectivity index (χ1v) is 3.95. The predicted molar refractivity (Wildman–Crippen MR) is 42.1 cm³/mol. The highest BCUT2D eigenvalue weighted by Gasteiger charge is 2.02. The van der Waals surface area contributed by atoms with E-state index in [1.165, 1.54) is 24.0 Å². The van der Waals surface area contributed by atoms with Crippen LogP contribution in [0.25, 0.3) is 0 Å². The molecule has 1 rings (SSSR count). The fourth-order valence-electron chi connectivity index (χ4n) is 0.663. The van der Waals surface area contributed by atoms with Gasteiger partial charge in [-0.2, -0.15) is 0 Å². The maximum atomic E-state index is 9.15. The van der Waals surface area contributed by atoms with E-state index in [0.717, 1.165) is 0 Å². The third-order valence-corrected chi connectivity index (χ3v) is 1.94. The average Bonchev–Trinajstić information content (AvgIpc) is 1.88. The van der Waals surface area contributed by atoms with Crippen molar-refractivity contribution < 1.29 is 5.11 Å². The quantitative estimate of drug-likeness (QED) is 0.597. The van der Waals surface area contributed by atoms with Gasteiger partial charge in [-0.25, -0.2) is 4.98 Å². The summed E-state index contributed by atoms with van der Waals surface area (Å²) >= 11 is 1.38. The maximum absolute atomic E-state index is 9.15. The third kappa shape index (κ3) is 1.16. The third-order valence-electron chi connectivity index (χ3n) is 1.12. The molecule has 54 valence electrons. The summed E-state index contributed by atoms with van der Waals surface area (Å²) in [5.41, 5.74) is 5.44. The Morgan fingerprint density at radius 2 is 2.40 bits per heavy atom. The lowest BCUT2D eigenvalue weighted by atomic mass is 10.4. The molecule has 1 aromatic rings. The molecule has 0 bridgehead atoms. The van der Waals surface area contributed by atoms with Crippen molar-refractivity contribution >= 4 is 17.6 Å². The second-order valence-electron chi connectivity index (χ2n) is 1.75. The molecule has 0 spiro atoms. The molecule has 3 N–H and O–H groups in total. The Labute approximate surface area is 63.3 Å². The molecular formula is C6H8N2OS. The van der Waals surface area contributed by atoms with Crippen LogP contribution in [0.4, 0.5) is 5.82 Å². The van der Waals surface area contributed by atoms with Crippen molar-refractivity contribution in [2.45, 2.75) is 4.90 Å². The number of hydrogen-bond donors (Lipinski definition) is 2. The zero-order valence-electron chi connectivity index (χ0n) is 5.53. The monoisotopic (exact) mass is 156 g/mol. The molecule has 0 aliphatic heterocycles. The summed E-state index contributed by atoms with van der Waals surface area (Å²) in [6, 6.07) is 1.52. The number of nitrogens with two attached hydrogens (primary N) is 1. The Hall–Kier alpha value is -0.900. The van der Waals surface area contributed by atoms with Crippen molar-refractivity contribution in [1.29, 1.82) is 0 Å². The summed E-state index contributed by atoms with van der Waals surface area (Å²) in [4.78, 5) is 4.45.